The van der Waals surface area contributed by atoms with E-state index in [1.165, 1.54) is 24.2 Å². The number of hydrogen-bond donors (Lipinski definition) is 1. The van der Waals surface area contributed by atoms with Crippen LogP contribution in [0.4, 0.5) is 5.13 Å². The summed E-state index contributed by atoms with van der Waals surface area (Å²) in [4.78, 5) is 18.1. The molecule has 0 bridgehead atoms. The lowest BCUT2D eigenvalue weighted by Crippen LogP contribution is -2.26. The molecular weight excluding hydrogens is 262 g/mol. The summed E-state index contributed by atoms with van der Waals surface area (Å²) in [5, 5.41) is 6.08. The normalized spacial score (nSPS) is 14.7. The Kier molecular flexibility index (Phi) is 5.15. The van der Waals surface area contributed by atoms with Gasteiger partial charge in [0.2, 0.25) is 0 Å². The fourth-order valence-electron chi connectivity index (χ4n) is 1.87. The minimum absolute atomic E-state index is 0.215. The van der Waals surface area contributed by atoms with E-state index in [1.54, 1.807) is 0 Å². The van der Waals surface area contributed by atoms with Crippen LogP contribution in [0.15, 0.2) is 5.38 Å². The predicted molar refractivity (Wildman–Crippen MR) is 76.6 cm³/mol. The van der Waals surface area contributed by atoms with E-state index in [4.69, 9.17) is 4.74 Å². The van der Waals surface area contributed by atoms with Crippen LogP contribution in [-0.4, -0.2) is 48.6 Å². The summed E-state index contributed by atoms with van der Waals surface area (Å²) in [7, 11) is 2.16. The highest BCUT2D eigenvalue weighted by atomic mass is 32.1. The maximum atomic E-state index is 11.3. The Morgan fingerprint density at radius 3 is 3.11 bits per heavy atom. The molecule has 1 fully saturated rings. The number of anilines is 1. The lowest BCUT2D eigenvalue weighted by Gasteiger charge is -2.15. The Hall–Kier alpha value is -1.14. The summed E-state index contributed by atoms with van der Waals surface area (Å²) in [5.74, 6) is -0.215. The van der Waals surface area contributed by atoms with E-state index in [9.17, 15) is 4.79 Å². The monoisotopic (exact) mass is 283 g/mol. The topological polar surface area (TPSA) is 54.5 Å². The van der Waals surface area contributed by atoms with Gasteiger partial charge in [0.05, 0.1) is 18.7 Å². The smallest absolute Gasteiger partial charge is 0.311 e. The van der Waals surface area contributed by atoms with Crippen LogP contribution in [0.2, 0.25) is 0 Å². The van der Waals surface area contributed by atoms with Crippen LogP contribution >= 0.6 is 11.3 Å². The van der Waals surface area contributed by atoms with Crippen molar-refractivity contribution in [3.8, 4) is 0 Å². The number of nitrogens with zero attached hydrogens (tertiary/aromatic N) is 2. The molecule has 5 nitrogen and oxygen atoms in total. The number of thiazole rings is 1. The summed E-state index contributed by atoms with van der Waals surface area (Å²) in [6.07, 6.45) is 2.92. The van der Waals surface area contributed by atoms with Crippen molar-refractivity contribution >= 4 is 22.4 Å². The first kappa shape index (κ1) is 14.3. The van der Waals surface area contributed by atoms with Crippen molar-refractivity contribution in [3.63, 3.8) is 0 Å². The minimum Gasteiger partial charge on any atom is -0.466 e. The van der Waals surface area contributed by atoms with Gasteiger partial charge in [-0.25, -0.2) is 4.98 Å². The third kappa shape index (κ3) is 4.80. The molecule has 1 aromatic rings. The van der Waals surface area contributed by atoms with Gasteiger partial charge in [-0.3, -0.25) is 4.79 Å². The molecule has 0 saturated heterocycles. The average molecular weight is 283 g/mol. The molecule has 6 heteroatoms. The number of nitrogens with one attached hydrogen (secondary N) is 1. The number of hydrogen-bond acceptors (Lipinski definition) is 6. The molecule has 1 heterocycles. The zero-order valence-corrected chi connectivity index (χ0v) is 12.3. The van der Waals surface area contributed by atoms with Crippen molar-refractivity contribution in [1.82, 2.24) is 9.88 Å². The molecule has 0 unspecified atom stereocenters. The molecule has 0 aromatic carbocycles. The summed E-state index contributed by atoms with van der Waals surface area (Å²) >= 11 is 1.54. The van der Waals surface area contributed by atoms with E-state index >= 15 is 0 Å². The summed E-state index contributed by atoms with van der Waals surface area (Å²) < 4.78 is 4.90. The van der Waals surface area contributed by atoms with E-state index in [2.05, 4.69) is 22.2 Å². The molecule has 0 amide bonds. The molecule has 1 aromatic heterocycles. The summed E-state index contributed by atoms with van der Waals surface area (Å²) in [5.41, 5.74) is 0.779. The van der Waals surface area contributed by atoms with Crippen LogP contribution in [0.1, 0.15) is 25.5 Å². The first-order valence-electron chi connectivity index (χ1n) is 6.73. The van der Waals surface area contributed by atoms with Gasteiger partial charge in [0, 0.05) is 24.5 Å². The average Bonchev–Trinajstić information content (AvgIpc) is 3.13. The Morgan fingerprint density at radius 2 is 2.42 bits per heavy atom. The molecule has 1 aliphatic rings. The van der Waals surface area contributed by atoms with E-state index in [1.807, 2.05) is 12.3 Å². The minimum atomic E-state index is -0.215. The fraction of sp³-hybridized carbons (Fsp3) is 0.692. The van der Waals surface area contributed by atoms with E-state index in [-0.39, 0.29) is 12.4 Å². The van der Waals surface area contributed by atoms with Gasteiger partial charge in [-0.15, -0.1) is 11.3 Å². The van der Waals surface area contributed by atoms with Gasteiger partial charge < -0.3 is 15.0 Å². The molecule has 2 rings (SSSR count). The van der Waals surface area contributed by atoms with Crippen LogP contribution in [-0.2, 0) is 16.0 Å². The Morgan fingerprint density at radius 1 is 1.63 bits per heavy atom. The Bertz CT molecular complexity index is 418. The van der Waals surface area contributed by atoms with Crippen LogP contribution in [0.5, 0.6) is 0 Å². The molecule has 1 saturated carbocycles. The number of rotatable bonds is 8. The first-order valence-corrected chi connectivity index (χ1v) is 7.61. The second-order valence-corrected chi connectivity index (χ2v) is 5.62. The van der Waals surface area contributed by atoms with E-state index < -0.39 is 0 Å². The van der Waals surface area contributed by atoms with Crippen molar-refractivity contribution in [3.05, 3.63) is 11.1 Å². The molecule has 106 valence electrons. The van der Waals surface area contributed by atoms with Gasteiger partial charge in [-0.05, 0) is 26.8 Å². The number of esters is 1. The van der Waals surface area contributed by atoms with E-state index in [0.717, 1.165) is 30.0 Å². The molecule has 0 atom stereocenters. The zero-order chi connectivity index (χ0) is 13.7. The molecule has 0 spiro atoms. The lowest BCUT2D eigenvalue weighted by molar-refractivity contribution is -0.142. The number of carbonyl (C=O) groups excluding carboxylic acids is 1. The molecule has 0 aliphatic heterocycles. The van der Waals surface area contributed by atoms with Crippen LogP contribution < -0.4 is 5.32 Å². The van der Waals surface area contributed by atoms with Gasteiger partial charge in [0.1, 0.15) is 0 Å². The predicted octanol–water partition coefficient (Wildman–Crippen LogP) is 1.75. The lowest BCUT2D eigenvalue weighted by atomic mass is 10.3. The van der Waals surface area contributed by atoms with Crippen LogP contribution in [0.3, 0.4) is 0 Å². The molecule has 19 heavy (non-hydrogen) atoms. The molecular formula is C13H21N3O2S. The van der Waals surface area contributed by atoms with E-state index in [0.29, 0.717) is 6.61 Å². The third-order valence-electron chi connectivity index (χ3n) is 3.09. The summed E-state index contributed by atoms with van der Waals surface area (Å²) in [6.45, 7) is 4.14. The standard InChI is InChI=1S/C13H21N3O2S/c1-3-18-12(17)8-10-9-19-13(15-10)14-6-7-16(2)11-4-5-11/h9,11H,3-8H2,1-2H3,(H,14,15). The van der Waals surface area contributed by atoms with Crippen molar-refractivity contribution in [2.45, 2.75) is 32.2 Å². The largest absolute Gasteiger partial charge is 0.466 e. The highest BCUT2D eigenvalue weighted by molar-refractivity contribution is 7.13. The number of ether oxygens (including phenoxy) is 1. The van der Waals surface area contributed by atoms with Crippen LogP contribution in [0, 0.1) is 0 Å². The van der Waals surface area contributed by atoms with Gasteiger partial charge in [-0.1, -0.05) is 0 Å². The molecule has 1 aliphatic carbocycles. The first-order chi connectivity index (χ1) is 9.19. The Labute approximate surface area is 118 Å². The maximum Gasteiger partial charge on any atom is 0.311 e. The van der Waals surface area contributed by atoms with Crippen molar-refractivity contribution in [2.24, 2.45) is 0 Å². The SMILES string of the molecule is CCOC(=O)Cc1csc(NCCN(C)C2CC2)n1. The number of carbonyl (C=O) groups is 1. The second-order valence-electron chi connectivity index (χ2n) is 4.76. The summed E-state index contributed by atoms with van der Waals surface area (Å²) in [6, 6.07) is 0.789. The quantitative estimate of drug-likeness (QED) is 0.737. The number of likely N-dealkylation sites (N-methyl/N-ethyl adjacent to an activating group) is 1. The highest BCUT2D eigenvalue weighted by Crippen LogP contribution is 2.24. The third-order valence-corrected chi connectivity index (χ3v) is 3.94. The van der Waals surface area contributed by atoms with Gasteiger partial charge in [-0.2, -0.15) is 0 Å². The Balaban J connectivity index is 1.69. The van der Waals surface area contributed by atoms with Gasteiger partial charge in [0.25, 0.3) is 0 Å². The fourth-order valence-corrected chi connectivity index (χ4v) is 2.61. The zero-order valence-electron chi connectivity index (χ0n) is 11.5. The number of aromatic nitrogens is 1. The van der Waals surface area contributed by atoms with Crippen molar-refractivity contribution < 1.29 is 9.53 Å². The van der Waals surface area contributed by atoms with Crippen molar-refractivity contribution in [1.29, 1.82) is 0 Å². The molecule has 1 N–H and O–H groups in total. The van der Waals surface area contributed by atoms with Gasteiger partial charge in [0.15, 0.2) is 5.13 Å². The maximum absolute atomic E-state index is 11.3. The second kappa shape index (κ2) is 6.86. The van der Waals surface area contributed by atoms with Gasteiger partial charge >= 0.3 is 5.97 Å². The van der Waals surface area contributed by atoms with Crippen LogP contribution in [0.25, 0.3) is 0 Å². The molecule has 0 radical (unpaired) electrons. The van der Waals surface area contributed by atoms with Crippen molar-refractivity contribution in [2.75, 3.05) is 32.1 Å². The highest BCUT2D eigenvalue weighted by Gasteiger charge is 2.25.